The SMILES string of the molecule is CC(C)CN(C(=O)c1cccc(C#N)c1-c1ccccc1)C(=O)C(C)C. The highest BCUT2D eigenvalue weighted by atomic mass is 16.2. The van der Waals surface area contributed by atoms with Gasteiger partial charge in [0.05, 0.1) is 11.6 Å². The van der Waals surface area contributed by atoms with Crippen LogP contribution < -0.4 is 0 Å². The molecule has 0 saturated heterocycles. The summed E-state index contributed by atoms with van der Waals surface area (Å²) in [7, 11) is 0. The molecule has 0 N–H and O–H groups in total. The molecule has 0 aliphatic rings. The number of nitrogens with zero attached hydrogens (tertiary/aromatic N) is 2. The lowest BCUT2D eigenvalue weighted by Crippen LogP contribution is -2.42. The second-order valence-electron chi connectivity index (χ2n) is 7.01. The highest BCUT2D eigenvalue weighted by molar-refractivity contribution is 6.09. The Balaban J connectivity index is 2.61. The maximum absolute atomic E-state index is 13.3. The molecule has 2 aromatic carbocycles. The highest BCUT2D eigenvalue weighted by Crippen LogP contribution is 2.29. The van der Waals surface area contributed by atoms with Crippen molar-refractivity contribution in [3.63, 3.8) is 0 Å². The number of benzene rings is 2. The van der Waals surface area contributed by atoms with Crippen molar-refractivity contribution in [3.8, 4) is 17.2 Å². The van der Waals surface area contributed by atoms with Crippen LogP contribution in [0.1, 0.15) is 43.6 Å². The summed E-state index contributed by atoms with van der Waals surface area (Å²) in [6, 6.07) is 16.6. The van der Waals surface area contributed by atoms with E-state index in [0.717, 1.165) is 5.56 Å². The van der Waals surface area contributed by atoms with Crippen LogP contribution in [0, 0.1) is 23.2 Å². The van der Waals surface area contributed by atoms with Gasteiger partial charge in [0.15, 0.2) is 0 Å². The molecule has 26 heavy (non-hydrogen) atoms. The van der Waals surface area contributed by atoms with E-state index >= 15 is 0 Å². The van der Waals surface area contributed by atoms with Crippen molar-refractivity contribution in [2.75, 3.05) is 6.54 Å². The summed E-state index contributed by atoms with van der Waals surface area (Å²) < 4.78 is 0. The summed E-state index contributed by atoms with van der Waals surface area (Å²) in [6.45, 7) is 7.86. The fourth-order valence-electron chi connectivity index (χ4n) is 2.83. The van der Waals surface area contributed by atoms with Crippen LogP contribution in [0.25, 0.3) is 11.1 Å². The monoisotopic (exact) mass is 348 g/mol. The maximum atomic E-state index is 13.3. The zero-order valence-corrected chi connectivity index (χ0v) is 15.7. The molecule has 134 valence electrons. The predicted octanol–water partition coefficient (Wildman–Crippen LogP) is 4.51. The second-order valence-corrected chi connectivity index (χ2v) is 7.01. The van der Waals surface area contributed by atoms with Crippen LogP contribution in [0.2, 0.25) is 0 Å². The average Bonchev–Trinajstić information content (AvgIpc) is 2.64. The van der Waals surface area contributed by atoms with E-state index in [1.54, 1.807) is 32.0 Å². The van der Waals surface area contributed by atoms with Gasteiger partial charge >= 0.3 is 0 Å². The van der Waals surface area contributed by atoms with Gasteiger partial charge in [-0.3, -0.25) is 14.5 Å². The predicted molar refractivity (Wildman–Crippen MR) is 102 cm³/mol. The van der Waals surface area contributed by atoms with Gasteiger partial charge in [0, 0.05) is 23.6 Å². The summed E-state index contributed by atoms with van der Waals surface area (Å²) >= 11 is 0. The zero-order valence-electron chi connectivity index (χ0n) is 15.7. The Bertz CT molecular complexity index is 833. The molecule has 4 nitrogen and oxygen atoms in total. The van der Waals surface area contributed by atoms with Gasteiger partial charge in [-0.25, -0.2) is 0 Å². The number of carbonyl (C=O) groups excluding carboxylic acids is 2. The average molecular weight is 348 g/mol. The van der Waals surface area contributed by atoms with Crippen molar-refractivity contribution in [2.24, 2.45) is 11.8 Å². The minimum Gasteiger partial charge on any atom is -0.278 e. The Morgan fingerprint density at radius 1 is 1.00 bits per heavy atom. The molecule has 0 aliphatic carbocycles. The first-order chi connectivity index (χ1) is 12.4. The van der Waals surface area contributed by atoms with E-state index in [9.17, 15) is 14.9 Å². The van der Waals surface area contributed by atoms with Gasteiger partial charge in [0.25, 0.3) is 5.91 Å². The largest absolute Gasteiger partial charge is 0.278 e. The molecule has 4 heteroatoms. The number of rotatable bonds is 5. The molecule has 0 aromatic heterocycles. The second kappa shape index (κ2) is 8.44. The van der Waals surface area contributed by atoms with Gasteiger partial charge in [-0.15, -0.1) is 0 Å². The molecule has 0 bridgehead atoms. The normalized spacial score (nSPS) is 10.7. The van der Waals surface area contributed by atoms with Crippen LogP contribution in [-0.4, -0.2) is 23.3 Å². The fourth-order valence-corrected chi connectivity index (χ4v) is 2.83. The Labute approximate surface area is 155 Å². The van der Waals surface area contributed by atoms with Crippen LogP contribution in [-0.2, 0) is 4.79 Å². The summed E-state index contributed by atoms with van der Waals surface area (Å²) in [5.74, 6) is -0.684. The maximum Gasteiger partial charge on any atom is 0.261 e. The smallest absolute Gasteiger partial charge is 0.261 e. The molecule has 2 rings (SSSR count). The summed E-state index contributed by atoms with van der Waals surface area (Å²) in [4.78, 5) is 27.2. The minimum absolute atomic E-state index is 0.154. The lowest BCUT2D eigenvalue weighted by atomic mass is 9.93. The quantitative estimate of drug-likeness (QED) is 0.799. The molecule has 0 heterocycles. The molecule has 2 amide bonds. The topological polar surface area (TPSA) is 61.2 Å². The first-order valence-electron chi connectivity index (χ1n) is 8.81. The number of imide groups is 1. The molecule has 0 unspecified atom stereocenters. The molecule has 0 aliphatic heterocycles. The van der Waals surface area contributed by atoms with Crippen LogP contribution in [0.4, 0.5) is 0 Å². The van der Waals surface area contributed by atoms with E-state index in [-0.39, 0.29) is 23.7 Å². The van der Waals surface area contributed by atoms with Gasteiger partial charge in [-0.1, -0.05) is 64.1 Å². The third kappa shape index (κ3) is 4.18. The Kier molecular flexibility index (Phi) is 6.30. The first kappa shape index (κ1) is 19.4. The van der Waals surface area contributed by atoms with E-state index in [1.807, 2.05) is 44.2 Å². The minimum atomic E-state index is -0.353. The van der Waals surface area contributed by atoms with Crippen molar-refractivity contribution in [3.05, 3.63) is 59.7 Å². The first-order valence-corrected chi connectivity index (χ1v) is 8.81. The Morgan fingerprint density at radius 3 is 2.19 bits per heavy atom. The third-order valence-electron chi connectivity index (χ3n) is 4.03. The van der Waals surface area contributed by atoms with Gasteiger partial charge in [0.2, 0.25) is 5.91 Å². The number of hydrogen-bond donors (Lipinski definition) is 0. The fraction of sp³-hybridized carbons (Fsp3) is 0.318. The van der Waals surface area contributed by atoms with Gasteiger partial charge in [-0.05, 0) is 23.6 Å². The summed E-state index contributed by atoms with van der Waals surface area (Å²) in [5.41, 5.74) is 2.16. The van der Waals surface area contributed by atoms with E-state index in [2.05, 4.69) is 6.07 Å². The van der Waals surface area contributed by atoms with E-state index in [1.165, 1.54) is 4.90 Å². The molecule has 0 spiro atoms. The van der Waals surface area contributed by atoms with Gasteiger partial charge in [-0.2, -0.15) is 5.26 Å². The Morgan fingerprint density at radius 2 is 1.65 bits per heavy atom. The van der Waals surface area contributed by atoms with Crippen molar-refractivity contribution in [1.82, 2.24) is 4.90 Å². The molecular formula is C22H24N2O2. The van der Waals surface area contributed by atoms with E-state index < -0.39 is 0 Å². The van der Waals surface area contributed by atoms with Crippen LogP contribution >= 0.6 is 0 Å². The lowest BCUT2D eigenvalue weighted by molar-refractivity contribution is -0.132. The van der Waals surface area contributed by atoms with Gasteiger partial charge < -0.3 is 0 Å². The zero-order chi connectivity index (χ0) is 19.3. The third-order valence-corrected chi connectivity index (χ3v) is 4.03. The van der Waals surface area contributed by atoms with E-state index in [0.29, 0.717) is 23.2 Å². The number of nitriles is 1. The van der Waals surface area contributed by atoms with Crippen LogP contribution in [0.5, 0.6) is 0 Å². The van der Waals surface area contributed by atoms with Crippen LogP contribution in [0.3, 0.4) is 0 Å². The van der Waals surface area contributed by atoms with Gasteiger partial charge in [0.1, 0.15) is 0 Å². The summed E-state index contributed by atoms with van der Waals surface area (Å²) in [5, 5.41) is 9.53. The standard InChI is InChI=1S/C22H24N2O2/c1-15(2)14-24(21(25)16(3)4)22(26)19-12-8-11-18(13-23)20(19)17-9-6-5-7-10-17/h5-12,15-16H,14H2,1-4H3. The van der Waals surface area contributed by atoms with Crippen molar-refractivity contribution >= 4 is 11.8 Å². The Hall–Kier alpha value is -2.93. The molecule has 2 aromatic rings. The van der Waals surface area contributed by atoms with Crippen LogP contribution in [0.15, 0.2) is 48.5 Å². The molecular weight excluding hydrogens is 324 g/mol. The number of carbonyl (C=O) groups is 2. The number of hydrogen-bond acceptors (Lipinski definition) is 3. The summed E-state index contributed by atoms with van der Waals surface area (Å²) in [6.07, 6.45) is 0. The lowest BCUT2D eigenvalue weighted by Gasteiger charge is -2.26. The highest BCUT2D eigenvalue weighted by Gasteiger charge is 2.28. The van der Waals surface area contributed by atoms with Crippen molar-refractivity contribution in [1.29, 1.82) is 5.26 Å². The van der Waals surface area contributed by atoms with E-state index in [4.69, 9.17) is 0 Å². The van der Waals surface area contributed by atoms with Crippen molar-refractivity contribution in [2.45, 2.75) is 27.7 Å². The number of amides is 2. The molecule has 0 fully saturated rings. The molecule has 0 saturated carbocycles. The molecule has 0 atom stereocenters. The van der Waals surface area contributed by atoms with Crippen molar-refractivity contribution < 1.29 is 9.59 Å². The molecule has 0 radical (unpaired) electrons.